The van der Waals surface area contributed by atoms with Crippen LogP contribution < -0.4 is 9.47 Å². The first-order chi connectivity index (χ1) is 7.59. The number of para-hydroxylation sites is 1. The Labute approximate surface area is 93.8 Å². The van der Waals surface area contributed by atoms with Gasteiger partial charge in [-0.3, -0.25) is 4.79 Å². The van der Waals surface area contributed by atoms with E-state index in [0.717, 1.165) is 0 Å². The second-order valence-corrected chi connectivity index (χ2v) is 4.07. The third-order valence-corrected chi connectivity index (χ3v) is 3.11. The molecule has 1 heterocycles. The van der Waals surface area contributed by atoms with Crippen LogP contribution in [0, 0.1) is 0 Å². The number of benzene rings is 1. The highest BCUT2D eigenvalue weighted by molar-refractivity contribution is 5.83. The van der Waals surface area contributed by atoms with E-state index in [1.54, 1.807) is 32.2 Å². The summed E-state index contributed by atoms with van der Waals surface area (Å²) >= 11 is 0. The van der Waals surface area contributed by atoms with Gasteiger partial charge >= 0.3 is 5.97 Å². The predicted molar refractivity (Wildman–Crippen MR) is 58.1 cm³/mol. The third kappa shape index (κ3) is 1.41. The van der Waals surface area contributed by atoms with Crippen molar-refractivity contribution in [1.29, 1.82) is 0 Å². The lowest BCUT2D eigenvalue weighted by molar-refractivity contribution is -0.144. The Morgan fingerprint density at radius 3 is 2.94 bits per heavy atom. The maximum Gasteiger partial charge on any atom is 0.314 e. The third-order valence-electron chi connectivity index (χ3n) is 3.11. The molecule has 86 valence electrons. The Kier molecular flexibility index (Phi) is 2.50. The van der Waals surface area contributed by atoms with Crippen LogP contribution in [-0.2, 0) is 10.2 Å². The maximum atomic E-state index is 11.3. The molecule has 0 saturated heterocycles. The SMILES string of the molecule is COc1cccc2c1OCCC2(C)C(=O)O. The molecule has 0 radical (unpaired) electrons. The van der Waals surface area contributed by atoms with Crippen LogP contribution in [0.4, 0.5) is 0 Å². The van der Waals surface area contributed by atoms with Crippen molar-refractivity contribution in [3.05, 3.63) is 23.8 Å². The molecule has 0 aromatic heterocycles. The minimum absolute atomic E-state index is 0.399. The van der Waals surface area contributed by atoms with Gasteiger partial charge < -0.3 is 14.6 Å². The van der Waals surface area contributed by atoms with Gasteiger partial charge in [0, 0.05) is 12.0 Å². The predicted octanol–water partition coefficient (Wildman–Crippen LogP) is 1.82. The largest absolute Gasteiger partial charge is 0.493 e. The Hall–Kier alpha value is -1.71. The average Bonchev–Trinajstić information content (AvgIpc) is 2.28. The molecule has 2 rings (SSSR count). The Morgan fingerprint density at radius 2 is 2.31 bits per heavy atom. The van der Waals surface area contributed by atoms with Crippen LogP contribution in [-0.4, -0.2) is 24.8 Å². The number of methoxy groups -OCH3 is 1. The highest BCUT2D eigenvalue weighted by Gasteiger charge is 2.41. The van der Waals surface area contributed by atoms with Gasteiger partial charge in [0.2, 0.25) is 0 Å². The topological polar surface area (TPSA) is 55.8 Å². The zero-order chi connectivity index (χ0) is 11.8. The molecular weight excluding hydrogens is 208 g/mol. The van der Waals surface area contributed by atoms with Gasteiger partial charge in [-0.05, 0) is 13.0 Å². The number of carboxylic acids is 1. The molecule has 0 fully saturated rings. The van der Waals surface area contributed by atoms with Gasteiger partial charge in [-0.15, -0.1) is 0 Å². The number of rotatable bonds is 2. The number of aliphatic carboxylic acids is 1. The van der Waals surface area contributed by atoms with E-state index in [1.807, 2.05) is 0 Å². The summed E-state index contributed by atoms with van der Waals surface area (Å²) in [6.07, 6.45) is 0.475. The van der Waals surface area contributed by atoms with E-state index < -0.39 is 11.4 Å². The molecule has 1 aromatic rings. The first kappa shape index (κ1) is 10.8. The summed E-state index contributed by atoms with van der Waals surface area (Å²) in [7, 11) is 1.55. The molecule has 1 atom stereocenters. The lowest BCUT2D eigenvalue weighted by Crippen LogP contribution is -2.37. The molecule has 4 heteroatoms. The van der Waals surface area contributed by atoms with Gasteiger partial charge in [0.15, 0.2) is 11.5 Å². The van der Waals surface area contributed by atoms with Crippen LogP contribution in [0.3, 0.4) is 0 Å². The van der Waals surface area contributed by atoms with Crippen molar-refractivity contribution in [3.63, 3.8) is 0 Å². The lowest BCUT2D eigenvalue weighted by atomic mass is 9.78. The molecule has 1 aromatic carbocycles. The van der Waals surface area contributed by atoms with E-state index >= 15 is 0 Å². The zero-order valence-electron chi connectivity index (χ0n) is 9.32. The normalized spacial score (nSPS) is 23.1. The van der Waals surface area contributed by atoms with Crippen molar-refractivity contribution in [3.8, 4) is 11.5 Å². The van der Waals surface area contributed by atoms with Crippen molar-refractivity contribution in [2.75, 3.05) is 13.7 Å². The monoisotopic (exact) mass is 222 g/mol. The molecule has 1 aliphatic rings. The summed E-state index contributed by atoms with van der Waals surface area (Å²) in [6.45, 7) is 2.12. The van der Waals surface area contributed by atoms with Crippen LogP contribution in [0.5, 0.6) is 11.5 Å². The molecule has 0 spiro atoms. The molecule has 0 amide bonds. The fourth-order valence-corrected chi connectivity index (χ4v) is 1.97. The van der Waals surface area contributed by atoms with Crippen molar-refractivity contribution < 1.29 is 19.4 Å². The van der Waals surface area contributed by atoms with Gasteiger partial charge in [-0.25, -0.2) is 0 Å². The number of hydrogen-bond acceptors (Lipinski definition) is 3. The molecule has 1 aliphatic heterocycles. The van der Waals surface area contributed by atoms with Crippen molar-refractivity contribution >= 4 is 5.97 Å². The number of carboxylic acid groups (broad SMARTS) is 1. The van der Waals surface area contributed by atoms with E-state index in [4.69, 9.17) is 9.47 Å². The first-order valence-electron chi connectivity index (χ1n) is 5.13. The first-order valence-corrected chi connectivity index (χ1v) is 5.13. The summed E-state index contributed by atoms with van der Waals surface area (Å²) in [6, 6.07) is 5.34. The second kappa shape index (κ2) is 3.70. The molecule has 0 saturated carbocycles. The number of hydrogen-bond donors (Lipinski definition) is 1. The molecule has 0 bridgehead atoms. The van der Waals surface area contributed by atoms with Gasteiger partial charge in [0.1, 0.15) is 0 Å². The molecular formula is C12H14O4. The fraction of sp³-hybridized carbons (Fsp3) is 0.417. The van der Waals surface area contributed by atoms with E-state index in [1.165, 1.54) is 0 Å². The highest BCUT2D eigenvalue weighted by Crippen LogP contribution is 2.43. The second-order valence-electron chi connectivity index (χ2n) is 4.07. The van der Waals surface area contributed by atoms with Gasteiger partial charge in [0.25, 0.3) is 0 Å². The van der Waals surface area contributed by atoms with E-state index in [-0.39, 0.29) is 0 Å². The smallest absolute Gasteiger partial charge is 0.314 e. The Bertz CT molecular complexity index is 427. The molecule has 4 nitrogen and oxygen atoms in total. The minimum Gasteiger partial charge on any atom is -0.493 e. The summed E-state index contributed by atoms with van der Waals surface area (Å²) < 4.78 is 10.7. The Morgan fingerprint density at radius 1 is 1.56 bits per heavy atom. The number of ether oxygens (including phenoxy) is 2. The van der Waals surface area contributed by atoms with Crippen LogP contribution in [0.25, 0.3) is 0 Å². The lowest BCUT2D eigenvalue weighted by Gasteiger charge is -2.32. The summed E-state index contributed by atoms with van der Waals surface area (Å²) in [4.78, 5) is 11.3. The Balaban J connectivity index is 2.59. The van der Waals surface area contributed by atoms with Gasteiger partial charge in [-0.2, -0.15) is 0 Å². The zero-order valence-corrected chi connectivity index (χ0v) is 9.32. The molecule has 16 heavy (non-hydrogen) atoms. The van der Waals surface area contributed by atoms with Crippen LogP contribution in [0.15, 0.2) is 18.2 Å². The van der Waals surface area contributed by atoms with Crippen molar-refractivity contribution in [2.45, 2.75) is 18.8 Å². The summed E-state index contributed by atoms with van der Waals surface area (Å²) in [5, 5.41) is 9.31. The quantitative estimate of drug-likeness (QED) is 0.829. The summed E-state index contributed by atoms with van der Waals surface area (Å²) in [5.41, 5.74) is -0.201. The minimum atomic E-state index is -0.887. The van der Waals surface area contributed by atoms with Crippen molar-refractivity contribution in [1.82, 2.24) is 0 Å². The van der Waals surface area contributed by atoms with E-state index in [9.17, 15) is 9.90 Å². The van der Waals surface area contributed by atoms with Crippen LogP contribution >= 0.6 is 0 Å². The van der Waals surface area contributed by atoms with Crippen LogP contribution in [0.2, 0.25) is 0 Å². The molecule has 1 unspecified atom stereocenters. The maximum absolute atomic E-state index is 11.3. The number of fused-ring (bicyclic) bond motifs is 1. The van der Waals surface area contributed by atoms with E-state index in [2.05, 4.69) is 0 Å². The standard InChI is InChI=1S/C12H14O4/c1-12(11(13)14)6-7-16-10-8(12)4-3-5-9(10)15-2/h3-5H,6-7H2,1-2H3,(H,13,14). The number of carbonyl (C=O) groups is 1. The summed E-state index contributed by atoms with van der Waals surface area (Å²) in [5.74, 6) is 0.316. The highest BCUT2D eigenvalue weighted by atomic mass is 16.5. The fourth-order valence-electron chi connectivity index (χ4n) is 1.97. The van der Waals surface area contributed by atoms with Crippen molar-refractivity contribution in [2.24, 2.45) is 0 Å². The molecule has 0 aliphatic carbocycles. The average molecular weight is 222 g/mol. The van der Waals surface area contributed by atoms with Gasteiger partial charge in [0.05, 0.1) is 19.1 Å². The van der Waals surface area contributed by atoms with Gasteiger partial charge in [-0.1, -0.05) is 12.1 Å². The molecule has 1 N–H and O–H groups in total. The van der Waals surface area contributed by atoms with E-state index in [0.29, 0.717) is 30.1 Å². The van der Waals surface area contributed by atoms with Crippen LogP contribution in [0.1, 0.15) is 18.9 Å².